The molecule has 0 radical (unpaired) electrons. The predicted octanol–water partition coefficient (Wildman–Crippen LogP) is 1.18. The van der Waals surface area contributed by atoms with E-state index < -0.39 is 5.97 Å². The van der Waals surface area contributed by atoms with Gasteiger partial charge >= 0.3 is 5.97 Å². The zero-order valence-electron chi connectivity index (χ0n) is 10.7. The first-order chi connectivity index (χ1) is 9.02. The fourth-order valence-corrected chi connectivity index (χ4v) is 1.34. The summed E-state index contributed by atoms with van der Waals surface area (Å²) in [5.74, 6) is 0.434. The van der Waals surface area contributed by atoms with Crippen LogP contribution in [0.25, 0.3) is 0 Å². The van der Waals surface area contributed by atoms with Crippen molar-refractivity contribution in [3.63, 3.8) is 0 Å². The van der Waals surface area contributed by atoms with E-state index in [-0.39, 0.29) is 5.11 Å². The van der Waals surface area contributed by atoms with E-state index >= 15 is 0 Å². The Labute approximate surface area is 116 Å². The smallest absolute Gasteiger partial charge is 0.308 e. The Morgan fingerprint density at radius 3 is 2.84 bits per heavy atom. The molecule has 0 saturated heterocycles. The lowest BCUT2D eigenvalue weighted by atomic mass is 10.2. The maximum absolute atomic E-state index is 11.0. The van der Waals surface area contributed by atoms with Crippen LogP contribution in [0.3, 0.4) is 0 Å². The first-order valence-electron chi connectivity index (χ1n) is 5.56. The highest BCUT2D eigenvalue weighted by Crippen LogP contribution is 2.28. The van der Waals surface area contributed by atoms with Crippen LogP contribution in [-0.4, -0.2) is 23.9 Å². The van der Waals surface area contributed by atoms with Crippen molar-refractivity contribution in [1.82, 2.24) is 5.43 Å². The lowest BCUT2D eigenvalue weighted by Gasteiger charge is -2.10. The van der Waals surface area contributed by atoms with E-state index in [9.17, 15) is 4.79 Å². The van der Waals surface area contributed by atoms with Gasteiger partial charge in [-0.1, -0.05) is 0 Å². The molecule has 1 rings (SSSR count). The van der Waals surface area contributed by atoms with Gasteiger partial charge in [0.2, 0.25) is 0 Å². The number of carbonyl (C=O) groups excluding carboxylic acids is 1. The van der Waals surface area contributed by atoms with Crippen molar-refractivity contribution in [1.29, 1.82) is 0 Å². The Morgan fingerprint density at radius 1 is 1.53 bits per heavy atom. The highest BCUT2D eigenvalue weighted by molar-refractivity contribution is 7.80. The summed E-state index contributed by atoms with van der Waals surface area (Å²) < 4.78 is 10.4. The van der Waals surface area contributed by atoms with Crippen molar-refractivity contribution < 1.29 is 14.3 Å². The molecule has 0 aliphatic carbocycles. The van der Waals surface area contributed by atoms with Crippen LogP contribution in [0, 0.1) is 0 Å². The average molecular weight is 281 g/mol. The lowest BCUT2D eigenvalue weighted by Crippen LogP contribution is -2.23. The molecule has 0 fully saturated rings. The number of hydrogen-bond acceptors (Lipinski definition) is 5. The number of esters is 1. The van der Waals surface area contributed by atoms with E-state index in [4.69, 9.17) is 15.2 Å². The zero-order chi connectivity index (χ0) is 14.3. The summed E-state index contributed by atoms with van der Waals surface area (Å²) in [7, 11) is 0. The molecule has 7 heteroatoms. The molecule has 0 amide bonds. The van der Waals surface area contributed by atoms with Gasteiger partial charge in [-0.3, -0.25) is 10.2 Å². The molecule has 1 aromatic rings. The Bertz CT molecular complexity index is 503. The van der Waals surface area contributed by atoms with Crippen molar-refractivity contribution in [3.05, 3.63) is 23.8 Å². The second kappa shape index (κ2) is 7.32. The van der Waals surface area contributed by atoms with Crippen molar-refractivity contribution in [2.75, 3.05) is 6.61 Å². The molecule has 0 unspecified atom stereocenters. The van der Waals surface area contributed by atoms with Crippen LogP contribution in [-0.2, 0) is 4.79 Å². The van der Waals surface area contributed by atoms with Gasteiger partial charge in [0.15, 0.2) is 16.6 Å². The first kappa shape index (κ1) is 14.9. The molecule has 0 bridgehead atoms. The number of hydrazone groups is 1. The molecule has 19 heavy (non-hydrogen) atoms. The minimum absolute atomic E-state index is 0.0813. The van der Waals surface area contributed by atoms with Gasteiger partial charge in [0, 0.05) is 6.92 Å². The summed E-state index contributed by atoms with van der Waals surface area (Å²) in [6.45, 7) is 3.63. The second-order valence-corrected chi connectivity index (χ2v) is 3.91. The molecule has 1 aromatic carbocycles. The predicted molar refractivity (Wildman–Crippen MR) is 76.4 cm³/mol. The normalized spacial score (nSPS) is 10.2. The van der Waals surface area contributed by atoms with Crippen LogP contribution in [0.4, 0.5) is 0 Å². The highest BCUT2D eigenvalue weighted by Gasteiger charge is 2.07. The van der Waals surface area contributed by atoms with Gasteiger partial charge < -0.3 is 15.2 Å². The Balaban J connectivity index is 2.91. The number of nitrogens with one attached hydrogen (secondary N) is 1. The molecule has 0 aliphatic rings. The summed E-state index contributed by atoms with van der Waals surface area (Å²) >= 11 is 4.62. The summed E-state index contributed by atoms with van der Waals surface area (Å²) in [5, 5.41) is 3.91. The van der Waals surface area contributed by atoms with Gasteiger partial charge in [0.05, 0.1) is 12.8 Å². The van der Waals surface area contributed by atoms with Crippen molar-refractivity contribution >= 4 is 29.5 Å². The number of carbonyl (C=O) groups is 1. The lowest BCUT2D eigenvalue weighted by molar-refractivity contribution is -0.132. The van der Waals surface area contributed by atoms with Crippen LogP contribution in [0.5, 0.6) is 11.5 Å². The summed E-state index contributed by atoms with van der Waals surface area (Å²) in [6.07, 6.45) is 1.53. The van der Waals surface area contributed by atoms with E-state index in [0.717, 1.165) is 5.56 Å². The zero-order valence-corrected chi connectivity index (χ0v) is 11.5. The van der Waals surface area contributed by atoms with Gasteiger partial charge in [-0.25, -0.2) is 0 Å². The second-order valence-electron chi connectivity index (χ2n) is 3.47. The average Bonchev–Trinajstić information content (AvgIpc) is 2.31. The van der Waals surface area contributed by atoms with Crippen LogP contribution >= 0.6 is 12.2 Å². The van der Waals surface area contributed by atoms with Gasteiger partial charge in [0.25, 0.3) is 0 Å². The van der Waals surface area contributed by atoms with Crippen molar-refractivity contribution in [3.8, 4) is 11.5 Å². The maximum atomic E-state index is 11.0. The van der Waals surface area contributed by atoms with Gasteiger partial charge in [-0.2, -0.15) is 5.10 Å². The first-order valence-corrected chi connectivity index (χ1v) is 5.97. The van der Waals surface area contributed by atoms with Crippen LogP contribution in [0.1, 0.15) is 19.4 Å². The maximum Gasteiger partial charge on any atom is 0.308 e. The number of benzene rings is 1. The standard InChI is InChI=1S/C12H15N3O3S/c1-3-17-11-6-9(7-14-15-12(13)19)4-5-10(11)18-8(2)16/h4-7H,3H2,1-2H3,(H3,13,15,19)/b14-7+. The number of rotatable bonds is 5. The molecule has 6 nitrogen and oxygen atoms in total. The van der Waals surface area contributed by atoms with E-state index in [2.05, 4.69) is 22.7 Å². The monoisotopic (exact) mass is 281 g/mol. The SMILES string of the molecule is CCOc1cc(/C=N/NC(N)=S)ccc1OC(C)=O. The molecule has 0 aromatic heterocycles. The largest absolute Gasteiger partial charge is 0.490 e. The quantitative estimate of drug-likeness (QED) is 0.277. The molecule has 0 atom stereocenters. The van der Waals surface area contributed by atoms with Crippen LogP contribution in [0.15, 0.2) is 23.3 Å². The minimum atomic E-state index is -0.405. The molecule has 0 saturated carbocycles. The topological polar surface area (TPSA) is 85.9 Å². The van der Waals surface area contributed by atoms with E-state index in [1.807, 2.05) is 6.92 Å². The van der Waals surface area contributed by atoms with E-state index in [1.165, 1.54) is 13.1 Å². The molecule has 0 heterocycles. The highest BCUT2D eigenvalue weighted by atomic mass is 32.1. The van der Waals surface area contributed by atoms with Gasteiger partial charge in [-0.15, -0.1) is 0 Å². The number of nitrogens with two attached hydrogens (primary N) is 1. The third-order valence-electron chi connectivity index (χ3n) is 1.91. The number of nitrogens with zero attached hydrogens (tertiary/aromatic N) is 1. The third-order valence-corrected chi connectivity index (χ3v) is 2.00. The molecule has 102 valence electrons. The molecule has 0 spiro atoms. The molecule has 3 N–H and O–H groups in total. The van der Waals surface area contributed by atoms with Crippen molar-refractivity contribution in [2.45, 2.75) is 13.8 Å². The van der Waals surface area contributed by atoms with Gasteiger partial charge in [0.1, 0.15) is 0 Å². The van der Waals surface area contributed by atoms with E-state index in [1.54, 1.807) is 18.2 Å². The minimum Gasteiger partial charge on any atom is -0.490 e. The van der Waals surface area contributed by atoms with Crippen LogP contribution < -0.4 is 20.6 Å². The third kappa shape index (κ3) is 5.35. The summed E-state index contributed by atoms with van der Waals surface area (Å²) in [5.41, 5.74) is 8.44. The summed E-state index contributed by atoms with van der Waals surface area (Å²) in [4.78, 5) is 11.0. The molecular formula is C12H15N3O3S. The van der Waals surface area contributed by atoms with Gasteiger partial charge in [-0.05, 0) is 42.9 Å². The summed E-state index contributed by atoms with van der Waals surface area (Å²) in [6, 6.07) is 5.06. The Kier molecular flexibility index (Phi) is 5.74. The van der Waals surface area contributed by atoms with Crippen molar-refractivity contribution in [2.24, 2.45) is 10.8 Å². The number of thiocarbonyl (C=S) groups is 1. The van der Waals surface area contributed by atoms with E-state index in [0.29, 0.717) is 18.1 Å². The number of ether oxygens (including phenoxy) is 2. The Hall–Kier alpha value is -2.15. The van der Waals surface area contributed by atoms with Crippen LogP contribution in [0.2, 0.25) is 0 Å². The fourth-order valence-electron chi connectivity index (χ4n) is 1.28. The Morgan fingerprint density at radius 2 is 2.26 bits per heavy atom. The number of hydrogen-bond donors (Lipinski definition) is 2. The fraction of sp³-hybridized carbons (Fsp3) is 0.250. The molecule has 0 aliphatic heterocycles. The molecular weight excluding hydrogens is 266 g/mol.